The number of aryl methyl sites for hydroxylation is 1. The molecule has 7 nitrogen and oxygen atoms in total. The minimum Gasteiger partial charge on any atom is -0.467 e. The van der Waals surface area contributed by atoms with E-state index in [0.717, 1.165) is 18.0 Å². The van der Waals surface area contributed by atoms with E-state index in [1.54, 1.807) is 6.26 Å². The molecule has 0 radical (unpaired) electrons. The van der Waals surface area contributed by atoms with Gasteiger partial charge in [0.15, 0.2) is 0 Å². The van der Waals surface area contributed by atoms with Crippen molar-refractivity contribution < 1.29 is 9.21 Å². The number of aromatic nitrogens is 3. The largest absolute Gasteiger partial charge is 0.467 e. The van der Waals surface area contributed by atoms with Crippen LogP contribution in [0.25, 0.3) is 10.9 Å². The van der Waals surface area contributed by atoms with Crippen molar-refractivity contribution in [2.45, 2.75) is 51.9 Å². The summed E-state index contributed by atoms with van der Waals surface area (Å²) in [6, 6.07) is 10.0. The average molecular weight is 446 g/mol. The van der Waals surface area contributed by atoms with Gasteiger partial charge in [-0.05, 0) is 48.1 Å². The zero-order valence-corrected chi connectivity index (χ0v) is 19.4. The third kappa shape index (κ3) is 4.33. The van der Waals surface area contributed by atoms with Gasteiger partial charge in [0, 0.05) is 42.6 Å². The number of carbonyl (C=O) groups excluding carboxylic acids is 1. The van der Waals surface area contributed by atoms with Crippen molar-refractivity contribution in [1.82, 2.24) is 24.8 Å². The lowest BCUT2D eigenvalue weighted by molar-refractivity contribution is -0.123. The Morgan fingerprint density at radius 3 is 2.91 bits per heavy atom. The van der Waals surface area contributed by atoms with Gasteiger partial charge in [0.25, 0.3) is 0 Å². The highest BCUT2D eigenvalue weighted by molar-refractivity contribution is 5.90. The van der Waals surface area contributed by atoms with Crippen LogP contribution in [0, 0.1) is 5.92 Å². The minimum atomic E-state index is -0.316. The van der Waals surface area contributed by atoms with E-state index in [2.05, 4.69) is 63.0 Å². The number of hydrogen-bond donors (Lipinski definition) is 2. The first-order chi connectivity index (χ1) is 16.0. The average Bonchev–Trinajstić information content (AvgIpc) is 3.50. The zero-order chi connectivity index (χ0) is 22.9. The van der Waals surface area contributed by atoms with Gasteiger partial charge in [-0.3, -0.25) is 10.1 Å². The molecule has 0 saturated carbocycles. The Balaban J connectivity index is 1.50. The molecule has 33 heavy (non-hydrogen) atoms. The molecule has 0 saturated heterocycles. The van der Waals surface area contributed by atoms with Gasteiger partial charge in [-0.25, -0.2) is 4.98 Å². The standard InChI is InChI=1S/C26H31N5O2/c1-17(2)12-21-20-7-4-8-23-25(20)18(15-31(23)16-24-27-9-10-30(24)3)13-22(29-21)26(32)28-14-19-6-5-11-33-19/h4-11,15,17,21-22,29H,12-14,16H2,1-3H3,(H,28,32). The van der Waals surface area contributed by atoms with Crippen molar-refractivity contribution >= 4 is 16.8 Å². The smallest absolute Gasteiger partial charge is 0.237 e. The Morgan fingerprint density at radius 2 is 2.18 bits per heavy atom. The molecule has 3 aromatic heterocycles. The number of benzene rings is 1. The van der Waals surface area contributed by atoms with Crippen molar-refractivity contribution in [1.29, 1.82) is 0 Å². The second kappa shape index (κ2) is 8.90. The summed E-state index contributed by atoms with van der Waals surface area (Å²) < 4.78 is 9.70. The maximum absolute atomic E-state index is 13.2. The molecule has 2 unspecified atom stereocenters. The first-order valence-corrected chi connectivity index (χ1v) is 11.6. The highest BCUT2D eigenvalue weighted by Crippen LogP contribution is 2.36. The van der Waals surface area contributed by atoms with Crippen LogP contribution in [0.1, 0.15) is 49.0 Å². The fourth-order valence-electron chi connectivity index (χ4n) is 4.90. The molecule has 4 heterocycles. The van der Waals surface area contributed by atoms with Crippen molar-refractivity contribution in [2.24, 2.45) is 13.0 Å². The molecule has 172 valence electrons. The molecule has 0 bridgehead atoms. The predicted octanol–water partition coefficient (Wildman–Crippen LogP) is 3.93. The Kier molecular flexibility index (Phi) is 5.81. The number of nitrogens with one attached hydrogen (secondary N) is 2. The molecule has 0 spiro atoms. The van der Waals surface area contributed by atoms with E-state index < -0.39 is 0 Å². The highest BCUT2D eigenvalue weighted by atomic mass is 16.3. The summed E-state index contributed by atoms with van der Waals surface area (Å²) in [5.74, 6) is 2.26. The summed E-state index contributed by atoms with van der Waals surface area (Å²) in [6.07, 6.45) is 9.23. The number of rotatable bonds is 7. The van der Waals surface area contributed by atoms with Crippen molar-refractivity contribution in [3.05, 3.63) is 77.9 Å². The van der Waals surface area contributed by atoms with E-state index in [1.165, 1.54) is 22.0 Å². The molecule has 0 fully saturated rings. The van der Waals surface area contributed by atoms with Gasteiger partial charge in [0.2, 0.25) is 5.91 Å². The number of imidazole rings is 1. The lowest BCUT2D eigenvalue weighted by Gasteiger charge is -2.25. The summed E-state index contributed by atoms with van der Waals surface area (Å²) in [6.45, 7) is 5.54. The third-order valence-electron chi connectivity index (χ3n) is 6.49. The van der Waals surface area contributed by atoms with Crippen LogP contribution in [0.3, 0.4) is 0 Å². The van der Waals surface area contributed by atoms with Crippen molar-refractivity contribution in [3.8, 4) is 0 Å². The van der Waals surface area contributed by atoms with Crippen molar-refractivity contribution in [2.75, 3.05) is 0 Å². The predicted molar refractivity (Wildman–Crippen MR) is 128 cm³/mol. The first kappa shape index (κ1) is 21.5. The van der Waals surface area contributed by atoms with Crippen LogP contribution >= 0.6 is 0 Å². The van der Waals surface area contributed by atoms with Gasteiger partial charge in [0.1, 0.15) is 11.6 Å². The highest BCUT2D eigenvalue weighted by Gasteiger charge is 2.31. The van der Waals surface area contributed by atoms with E-state index in [0.29, 0.717) is 25.4 Å². The topological polar surface area (TPSA) is 77.0 Å². The second-order valence-corrected chi connectivity index (χ2v) is 9.38. The molecular weight excluding hydrogens is 414 g/mol. The maximum Gasteiger partial charge on any atom is 0.237 e. The van der Waals surface area contributed by atoms with Crippen LogP contribution in [-0.2, 0) is 31.4 Å². The number of nitrogens with zero attached hydrogens (tertiary/aromatic N) is 3. The van der Waals surface area contributed by atoms with E-state index in [1.807, 2.05) is 31.6 Å². The van der Waals surface area contributed by atoms with Crippen LogP contribution in [0.2, 0.25) is 0 Å². The van der Waals surface area contributed by atoms with E-state index in [-0.39, 0.29) is 18.0 Å². The molecule has 1 amide bonds. The fraction of sp³-hybridized carbons (Fsp3) is 0.385. The molecule has 2 atom stereocenters. The van der Waals surface area contributed by atoms with Gasteiger partial charge in [-0.15, -0.1) is 0 Å². The lowest BCUT2D eigenvalue weighted by Crippen LogP contribution is -2.46. The summed E-state index contributed by atoms with van der Waals surface area (Å²) in [4.78, 5) is 17.7. The molecule has 2 N–H and O–H groups in total. The van der Waals surface area contributed by atoms with E-state index in [4.69, 9.17) is 4.42 Å². The van der Waals surface area contributed by atoms with E-state index in [9.17, 15) is 4.79 Å². The Hall–Kier alpha value is -3.32. The van der Waals surface area contributed by atoms with E-state index >= 15 is 0 Å². The van der Waals surface area contributed by atoms with Gasteiger partial charge >= 0.3 is 0 Å². The van der Waals surface area contributed by atoms with Crippen LogP contribution in [0.4, 0.5) is 0 Å². The van der Waals surface area contributed by atoms with Crippen molar-refractivity contribution in [3.63, 3.8) is 0 Å². The molecule has 0 aliphatic carbocycles. The number of amides is 1. The minimum absolute atomic E-state index is 0.00189. The first-order valence-electron chi connectivity index (χ1n) is 11.6. The van der Waals surface area contributed by atoms with Gasteiger partial charge in [-0.1, -0.05) is 26.0 Å². The van der Waals surface area contributed by atoms with Crippen LogP contribution in [-0.4, -0.2) is 26.1 Å². The van der Waals surface area contributed by atoms with Gasteiger partial charge < -0.3 is 18.9 Å². The lowest BCUT2D eigenvalue weighted by atomic mass is 9.94. The summed E-state index contributed by atoms with van der Waals surface area (Å²) >= 11 is 0. The van der Waals surface area contributed by atoms with Gasteiger partial charge in [0.05, 0.1) is 25.4 Å². The normalized spacial score (nSPS) is 18.1. The van der Waals surface area contributed by atoms with Crippen LogP contribution in [0.15, 0.2) is 59.6 Å². The SMILES string of the molecule is CC(C)CC1NC(C(=O)NCc2ccco2)Cc2cn(Cc3nccn3C)c3cccc1c23. The number of carbonyl (C=O) groups is 1. The molecule has 1 aromatic carbocycles. The molecule has 5 rings (SSSR count). The monoisotopic (exact) mass is 445 g/mol. The second-order valence-electron chi connectivity index (χ2n) is 9.38. The Morgan fingerprint density at radius 1 is 1.30 bits per heavy atom. The molecule has 1 aliphatic heterocycles. The van der Waals surface area contributed by atoms with Gasteiger partial charge in [-0.2, -0.15) is 0 Å². The molecule has 4 aromatic rings. The molecule has 7 heteroatoms. The zero-order valence-electron chi connectivity index (χ0n) is 19.4. The Bertz CT molecular complexity index is 1250. The quantitative estimate of drug-likeness (QED) is 0.452. The maximum atomic E-state index is 13.2. The molecule has 1 aliphatic rings. The van der Waals surface area contributed by atoms with Crippen LogP contribution < -0.4 is 10.6 Å². The summed E-state index contributed by atoms with van der Waals surface area (Å²) in [5.41, 5.74) is 3.67. The third-order valence-corrected chi connectivity index (χ3v) is 6.49. The molecular formula is C26H31N5O2. The number of furan rings is 1. The number of hydrogen-bond acceptors (Lipinski definition) is 4. The summed E-state index contributed by atoms with van der Waals surface area (Å²) in [5, 5.41) is 8.00. The Labute approximate surface area is 193 Å². The summed E-state index contributed by atoms with van der Waals surface area (Å²) in [7, 11) is 2.02. The van der Waals surface area contributed by atoms with Crippen LogP contribution in [0.5, 0.6) is 0 Å². The fourth-order valence-corrected chi connectivity index (χ4v) is 4.90.